The number of sulfonamides is 1. The molecule has 0 amide bonds. The summed E-state index contributed by atoms with van der Waals surface area (Å²) in [4.78, 5) is 0.331. The fraction of sp³-hybridized carbons (Fsp3) is 0.571. The first-order chi connectivity index (χ1) is 13.1. The van der Waals surface area contributed by atoms with Gasteiger partial charge in [-0.2, -0.15) is 5.10 Å². The number of nitrogens with zero attached hydrogens (tertiary/aromatic N) is 3. The van der Waals surface area contributed by atoms with Crippen LogP contribution in [0.4, 0.5) is 5.69 Å². The number of anilines is 1. The van der Waals surface area contributed by atoms with Crippen molar-refractivity contribution < 1.29 is 8.42 Å². The SMILES string of the molecule is O=S(=O)(c1cnn(C2CCCCC2)c1)N1CC2(CCCC2)c2ccccc21. The van der Waals surface area contributed by atoms with E-state index in [1.807, 2.05) is 22.9 Å². The van der Waals surface area contributed by atoms with E-state index in [2.05, 4.69) is 11.2 Å². The van der Waals surface area contributed by atoms with Crippen molar-refractivity contribution >= 4 is 15.7 Å². The summed E-state index contributed by atoms with van der Waals surface area (Å²) in [6.45, 7) is 0.573. The average molecular weight is 386 g/mol. The molecule has 2 aliphatic carbocycles. The van der Waals surface area contributed by atoms with Crippen molar-refractivity contribution in [2.75, 3.05) is 10.8 Å². The quantitative estimate of drug-likeness (QED) is 0.786. The number of fused-ring (bicyclic) bond motifs is 2. The average Bonchev–Trinajstić information content (AvgIpc) is 3.43. The Morgan fingerprint density at radius 3 is 2.52 bits per heavy atom. The lowest BCUT2D eigenvalue weighted by molar-refractivity contribution is 0.329. The van der Waals surface area contributed by atoms with Crippen LogP contribution in [0.2, 0.25) is 0 Å². The second-order valence-electron chi connectivity index (χ2n) is 8.46. The zero-order valence-corrected chi connectivity index (χ0v) is 16.5. The van der Waals surface area contributed by atoms with E-state index in [0.717, 1.165) is 31.4 Å². The molecule has 5 rings (SSSR count). The Bertz CT molecular complexity index is 938. The highest BCUT2D eigenvalue weighted by Crippen LogP contribution is 2.51. The number of rotatable bonds is 3. The van der Waals surface area contributed by atoms with Gasteiger partial charge in [-0.05, 0) is 37.3 Å². The van der Waals surface area contributed by atoms with Crippen molar-refractivity contribution in [3.63, 3.8) is 0 Å². The molecule has 5 nitrogen and oxygen atoms in total. The van der Waals surface area contributed by atoms with Crippen LogP contribution >= 0.6 is 0 Å². The molecule has 144 valence electrons. The lowest BCUT2D eigenvalue weighted by Gasteiger charge is -2.25. The molecule has 0 N–H and O–H groups in total. The van der Waals surface area contributed by atoms with E-state index in [9.17, 15) is 8.42 Å². The van der Waals surface area contributed by atoms with Crippen molar-refractivity contribution in [3.8, 4) is 0 Å². The predicted octanol–water partition coefficient (Wildman–Crippen LogP) is 4.41. The second kappa shape index (κ2) is 6.36. The Kier molecular flexibility index (Phi) is 4.08. The van der Waals surface area contributed by atoms with Crippen molar-refractivity contribution in [2.45, 2.75) is 74.1 Å². The Morgan fingerprint density at radius 1 is 1.00 bits per heavy atom. The molecule has 1 aromatic heterocycles. The van der Waals surface area contributed by atoms with Gasteiger partial charge in [0, 0.05) is 18.2 Å². The molecule has 2 fully saturated rings. The largest absolute Gasteiger partial charge is 0.268 e. The standard InChI is InChI=1S/C21H27N3O2S/c25-27(26,18-14-22-23(15-18)17-8-2-1-3-9-17)24-16-21(12-6-7-13-21)19-10-4-5-11-20(19)24/h4-5,10-11,14-15,17H,1-3,6-9,12-13,16H2. The lowest BCUT2D eigenvalue weighted by Crippen LogP contribution is -2.35. The summed E-state index contributed by atoms with van der Waals surface area (Å²) in [5.74, 6) is 0. The van der Waals surface area contributed by atoms with Crippen LogP contribution in [0.5, 0.6) is 0 Å². The molecule has 1 aromatic carbocycles. The van der Waals surface area contributed by atoms with Gasteiger partial charge in [-0.1, -0.05) is 50.3 Å². The van der Waals surface area contributed by atoms with E-state index in [1.165, 1.54) is 37.7 Å². The maximum absolute atomic E-state index is 13.5. The van der Waals surface area contributed by atoms with E-state index in [1.54, 1.807) is 16.7 Å². The highest BCUT2D eigenvalue weighted by atomic mass is 32.2. The summed E-state index contributed by atoms with van der Waals surface area (Å²) >= 11 is 0. The first kappa shape index (κ1) is 17.3. The van der Waals surface area contributed by atoms with Gasteiger partial charge in [0.15, 0.2) is 0 Å². The molecular weight excluding hydrogens is 358 g/mol. The van der Waals surface area contributed by atoms with Gasteiger partial charge in [-0.15, -0.1) is 0 Å². The molecular formula is C21H27N3O2S. The van der Waals surface area contributed by atoms with Crippen molar-refractivity contribution in [1.29, 1.82) is 0 Å². The summed E-state index contributed by atoms with van der Waals surface area (Å²) in [6, 6.07) is 8.42. The van der Waals surface area contributed by atoms with E-state index in [4.69, 9.17) is 0 Å². The van der Waals surface area contributed by atoms with E-state index >= 15 is 0 Å². The highest BCUT2D eigenvalue weighted by molar-refractivity contribution is 7.92. The minimum absolute atomic E-state index is 0.00300. The molecule has 0 bridgehead atoms. The van der Waals surface area contributed by atoms with Gasteiger partial charge in [0.05, 0.1) is 17.9 Å². The number of para-hydroxylation sites is 1. The molecule has 1 aliphatic heterocycles. The maximum atomic E-state index is 13.5. The summed E-state index contributed by atoms with van der Waals surface area (Å²) in [7, 11) is -3.58. The third-order valence-corrected chi connectivity index (χ3v) is 8.58. The number of hydrogen-bond donors (Lipinski definition) is 0. The lowest BCUT2D eigenvalue weighted by atomic mass is 9.81. The summed E-state index contributed by atoms with van der Waals surface area (Å²) in [5.41, 5.74) is 2.08. The Morgan fingerprint density at radius 2 is 1.74 bits per heavy atom. The van der Waals surface area contributed by atoms with Crippen molar-refractivity contribution in [2.24, 2.45) is 0 Å². The highest BCUT2D eigenvalue weighted by Gasteiger charge is 2.48. The Labute approximate surface area is 161 Å². The molecule has 2 aromatic rings. The molecule has 1 spiro atoms. The molecule has 3 aliphatic rings. The van der Waals surface area contributed by atoms with Crippen LogP contribution in [0.25, 0.3) is 0 Å². The van der Waals surface area contributed by atoms with Crippen molar-refractivity contribution in [3.05, 3.63) is 42.2 Å². The van der Waals surface area contributed by atoms with Crippen LogP contribution in [0, 0.1) is 0 Å². The topological polar surface area (TPSA) is 55.2 Å². The smallest absolute Gasteiger partial charge is 0.267 e. The molecule has 0 saturated heterocycles. The Hall–Kier alpha value is -1.82. The van der Waals surface area contributed by atoms with Gasteiger partial charge in [0.2, 0.25) is 0 Å². The van der Waals surface area contributed by atoms with Crippen molar-refractivity contribution in [1.82, 2.24) is 9.78 Å². The van der Waals surface area contributed by atoms with Gasteiger partial charge in [-0.3, -0.25) is 8.99 Å². The number of benzene rings is 1. The second-order valence-corrected chi connectivity index (χ2v) is 10.3. The van der Waals surface area contributed by atoms with Gasteiger partial charge in [-0.25, -0.2) is 8.42 Å². The molecule has 0 radical (unpaired) electrons. The van der Waals surface area contributed by atoms with E-state index in [-0.39, 0.29) is 5.41 Å². The summed E-state index contributed by atoms with van der Waals surface area (Å²) in [6.07, 6.45) is 13.7. The van der Waals surface area contributed by atoms with Gasteiger partial charge < -0.3 is 0 Å². The van der Waals surface area contributed by atoms with Crippen LogP contribution < -0.4 is 4.31 Å². The van der Waals surface area contributed by atoms with Crippen LogP contribution in [0.3, 0.4) is 0 Å². The maximum Gasteiger partial charge on any atom is 0.267 e. The van der Waals surface area contributed by atoms with Crippen LogP contribution in [0.1, 0.15) is 69.4 Å². The fourth-order valence-electron chi connectivity index (χ4n) is 5.40. The van der Waals surface area contributed by atoms with Gasteiger partial charge >= 0.3 is 0 Å². The van der Waals surface area contributed by atoms with Gasteiger partial charge in [0.25, 0.3) is 10.0 Å². The zero-order valence-electron chi connectivity index (χ0n) is 15.7. The molecule has 2 heterocycles. The molecule has 6 heteroatoms. The number of aromatic nitrogens is 2. The first-order valence-corrected chi connectivity index (χ1v) is 11.7. The zero-order chi connectivity index (χ0) is 18.5. The molecule has 0 unspecified atom stereocenters. The fourth-order valence-corrected chi connectivity index (χ4v) is 6.92. The Balaban J connectivity index is 1.50. The monoisotopic (exact) mass is 385 g/mol. The minimum atomic E-state index is -3.58. The molecule has 2 saturated carbocycles. The van der Waals surface area contributed by atoms with Gasteiger partial charge in [0.1, 0.15) is 4.90 Å². The summed E-state index contributed by atoms with van der Waals surface area (Å²) in [5, 5.41) is 4.43. The first-order valence-electron chi connectivity index (χ1n) is 10.3. The predicted molar refractivity (Wildman–Crippen MR) is 105 cm³/mol. The van der Waals surface area contributed by atoms with Crippen LogP contribution in [0.15, 0.2) is 41.6 Å². The molecule has 0 atom stereocenters. The van der Waals surface area contributed by atoms with Crippen LogP contribution in [-0.4, -0.2) is 24.7 Å². The molecule has 27 heavy (non-hydrogen) atoms. The normalized spacial score (nSPS) is 22.4. The third-order valence-electron chi connectivity index (χ3n) is 6.87. The van der Waals surface area contributed by atoms with Crippen LogP contribution in [-0.2, 0) is 15.4 Å². The minimum Gasteiger partial charge on any atom is -0.268 e. The third kappa shape index (κ3) is 2.72. The number of hydrogen-bond acceptors (Lipinski definition) is 3. The van der Waals surface area contributed by atoms with E-state index < -0.39 is 10.0 Å². The van der Waals surface area contributed by atoms with E-state index in [0.29, 0.717) is 17.5 Å². The summed E-state index contributed by atoms with van der Waals surface area (Å²) < 4.78 is 30.5.